The van der Waals surface area contributed by atoms with E-state index in [1.54, 1.807) is 19.4 Å². The minimum atomic E-state index is -0.477. The summed E-state index contributed by atoms with van der Waals surface area (Å²) in [4.78, 5) is 4.02. The zero-order chi connectivity index (χ0) is 12.3. The number of hydrogen-bond acceptors (Lipinski definition) is 3. The van der Waals surface area contributed by atoms with Gasteiger partial charge in [0.25, 0.3) is 0 Å². The third kappa shape index (κ3) is 2.85. The van der Waals surface area contributed by atoms with Gasteiger partial charge in [0.2, 0.25) is 0 Å². The number of nitrogens with zero attached hydrogens (tertiary/aromatic N) is 2. The van der Waals surface area contributed by atoms with Crippen molar-refractivity contribution in [1.29, 1.82) is 0 Å². The lowest BCUT2D eigenvalue weighted by molar-refractivity contribution is 0.198. The van der Waals surface area contributed by atoms with Gasteiger partial charge >= 0.3 is 0 Å². The molecule has 2 rings (SSSR count). The van der Waals surface area contributed by atoms with Gasteiger partial charge in [0, 0.05) is 7.05 Å². The molecule has 1 N–H and O–H groups in total. The molecule has 0 aliphatic heterocycles. The highest BCUT2D eigenvalue weighted by atomic mass is 16.5. The van der Waals surface area contributed by atoms with Crippen molar-refractivity contribution in [2.45, 2.75) is 19.6 Å². The summed E-state index contributed by atoms with van der Waals surface area (Å²) in [6.07, 6.45) is 3.04. The Hall–Kier alpha value is -1.81. The first-order chi connectivity index (χ1) is 8.16. The second-order valence-electron chi connectivity index (χ2n) is 4.03. The van der Waals surface area contributed by atoms with Gasteiger partial charge in [-0.25, -0.2) is 4.98 Å². The number of rotatable bonds is 4. The molecule has 0 aliphatic rings. The van der Waals surface area contributed by atoms with E-state index in [1.807, 2.05) is 35.9 Å². The molecule has 1 atom stereocenters. The third-order valence-electron chi connectivity index (χ3n) is 2.64. The minimum absolute atomic E-state index is 0.472. The van der Waals surface area contributed by atoms with Gasteiger partial charge in [-0.3, -0.25) is 0 Å². The van der Waals surface area contributed by atoms with Crippen molar-refractivity contribution in [3.8, 4) is 5.75 Å². The summed E-state index contributed by atoms with van der Waals surface area (Å²) < 4.78 is 7.57. The lowest BCUT2D eigenvalue weighted by Gasteiger charge is -2.09. The fourth-order valence-corrected chi connectivity index (χ4v) is 1.55. The fraction of sp³-hybridized carbons (Fsp3) is 0.308. The number of aromatic nitrogens is 2. The molecular formula is C13H16N2O2. The van der Waals surface area contributed by atoms with Crippen molar-refractivity contribution < 1.29 is 9.84 Å². The van der Waals surface area contributed by atoms with Crippen molar-refractivity contribution >= 4 is 0 Å². The van der Waals surface area contributed by atoms with Crippen LogP contribution in [0.2, 0.25) is 0 Å². The van der Waals surface area contributed by atoms with Gasteiger partial charge in [-0.2, -0.15) is 0 Å². The first-order valence-electron chi connectivity index (χ1n) is 5.53. The van der Waals surface area contributed by atoms with Crippen LogP contribution >= 0.6 is 0 Å². The number of aliphatic hydroxyl groups excluding tert-OH is 1. The Morgan fingerprint density at radius 1 is 1.47 bits per heavy atom. The van der Waals surface area contributed by atoms with Crippen LogP contribution in [0.1, 0.15) is 24.3 Å². The number of aliphatic hydroxyl groups is 1. The first kappa shape index (κ1) is 11.7. The molecular weight excluding hydrogens is 216 g/mol. The molecule has 90 valence electrons. The van der Waals surface area contributed by atoms with E-state index in [-0.39, 0.29) is 0 Å². The van der Waals surface area contributed by atoms with Crippen molar-refractivity contribution in [3.05, 3.63) is 48.0 Å². The molecule has 1 aromatic carbocycles. The summed E-state index contributed by atoms with van der Waals surface area (Å²) in [5.41, 5.74) is 1.86. The van der Waals surface area contributed by atoms with Gasteiger partial charge in [-0.1, -0.05) is 12.1 Å². The van der Waals surface area contributed by atoms with Crippen LogP contribution in [0, 0.1) is 0 Å². The standard InChI is InChI=1S/C13H16N2O2/c1-10(16)11-4-3-5-13(6-11)17-8-12-7-14-9-15(12)2/h3-7,9-10,16H,8H2,1-2H3. The van der Waals surface area contributed by atoms with Crippen LogP contribution in [0.25, 0.3) is 0 Å². The maximum absolute atomic E-state index is 9.47. The molecule has 1 heterocycles. The summed E-state index contributed by atoms with van der Waals surface area (Å²) in [5.74, 6) is 0.754. The second-order valence-corrected chi connectivity index (χ2v) is 4.03. The van der Waals surface area contributed by atoms with Gasteiger partial charge in [0.05, 0.1) is 24.3 Å². The van der Waals surface area contributed by atoms with Gasteiger partial charge < -0.3 is 14.4 Å². The van der Waals surface area contributed by atoms with E-state index >= 15 is 0 Å². The maximum Gasteiger partial charge on any atom is 0.130 e. The highest BCUT2D eigenvalue weighted by molar-refractivity contribution is 5.29. The van der Waals surface area contributed by atoms with Gasteiger partial charge in [0.15, 0.2) is 0 Å². The van der Waals surface area contributed by atoms with E-state index in [9.17, 15) is 5.11 Å². The molecule has 17 heavy (non-hydrogen) atoms. The SMILES string of the molecule is CC(O)c1cccc(OCc2cncn2C)c1. The molecule has 0 fully saturated rings. The Balaban J connectivity index is 2.04. The lowest BCUT2D eigenvalue weighted by Crippen LogP contribution is -2.01. The predicted octanol–water partition coefficient (Wildman–Crippen LogP) is 2.05. The average molecular weight is 232 g/mol. The smallest absolute Gasteiger partial charge is 0.130 e. The highest BCUT2D eigenvalue weighted by Crippen LogP contribution is 2.19. The quantitative estimate of drug-likeness (QED) is 0.877. The largest absolute Gasteiger partial charge is 0.487 e. The molecule has 0 amide bonds. The number of benzene rings is 1. The Kier molecular flexibility index (Phi) is 3.44. The average Bonchev–Trinajstić information content (AvgIpc) is 2.72. The molecule has 0 radical (unpaired) electrons. The van der Waals surface area contributed by atoms with Crippen molar-refractivity contribution in [3.63, 3.8) is 0 Å². The number of aryl methyl sites for hydroxylation is 1. The number of imidazole rings is 1. The Labute approximate surface area is 100 Å². The summed E-state index contributed by atoms with van der Waals surface area (Å²) in [6.45, 7) is 2.21. The van der Waals surface area contributed by atoms with E-state index in [4.69, 9.17) is 4.74 Å². The summed E-state index contributed by atoms with van der Waals surface area (Å²) in [6, 6.07) is 7.48. The minimum Gasteiger partial charge on any atom is -0.487 e. The van der Waals surface area contributed by atoms with Crippen LogP contribution in [0.15, 0.2) is 36.8 Å². The van der Waals surface area contributed by atoms with Crippen LogP contribution in [-0.2, 0) is 13.7 Å². The number of ether oxygens (including phenoxy) is 1. The van der Waals surface area contributed by atoms with E-state index < -0.39 is 6.10 Å². The molecule has 1 aromatic heterocycles. The van der Waals surface area contributed by atoms with Crippen LogP contribution < -0.4 is 4.74 Å². The zero-order valence-electron chi connectivity index (χ0n) is 10.00. The molecule has 1 unspecified atom stereocenters. The number of hydrogen-bond donors (Lipinski definition) is 1. The Morgan fingerprint density at radius 3 is 2.94 bits per heavy atom. The zero-order valence-corrected chi connectivity index (χ0v) is 10.00. The van der Waals surface area contributed by atoms with Crippen LogP contribution in [0.3, 0.4) is 0 Å². The van der Waals surface area contributed by atoms with Crippen molar-refractivity contribution in [2.24, 2.45) is 7.05 Å². The van der Waals surface area contributed by atoms with Crippen molar-refractivity contribution in [1.82, 2.24) is 9.55 Å². The van der Waals surface area contributed by atoms with E-state index in [1.165, 1.54) is 0 Å². The maximum atomic E-state index is 9.47. The van der Waals surface area contributed by atoms with E-state index in [2.05, 4.69) is 4.98 Å². The van der Waals surface area contributed by atoms with Crippen LogP contribution in [-0.4, -0.2) is 14.7 Å². The van der Waals surface area contributed by atoms with Crippen LogP contribution in [0.5, 0.6) is 5.75 Å². The molecule has 0 saturated heterocycles. The first-order valence-corrected chi connectivity index (χ1v) is 5.53. The lowest BCUT2D eigenvalue weighted by atomic mass is 10.1. The predicted molar refractivity (Wildman–Crippen MR) is 64.6 cm³/mol. The van der Waals surface area contributed by atoms with E-state index in [0.29, 0.717) is 6.61 Å². The molecule has 4 nitrogen and oxygen atoms in total. The Bertz CT molecular complexity index is 492. The van der Waals surface area contributed by atoms with Gasteiger partial charge in [-0.05, 0) is 24.6 Å². The van der Waals surface area contributed by atoms with E-state index in [0.717, 1.165) is 17.0 Å². The van der Waals surface area contributed by atoms with Crippen molar-refractivity contribution in [2.75, 3.05) is 0 Å². The second kappa shape index (κ2) is 5.01. The monoisotopic (exact) mass is 232 g/mol. The molecule has 0 saturated carbocycles. The van der Waals surface area contributed by atoms with Gasteiger partial charge in [0.1, 0.15) is 12.4 Å². The molecule has 2 aromatic rings. The Morgan fingerprint density at radius 2 is 2.29 bits per heavy atom. The normalized spacial score (nSPS) is 12.4. The molecule has 0 bridgehead atoms. The van der Waals surface area contributed by atoms with Crippen LogP contribution in [0.4, 0.5) is 0 Å². The molecule has 0 aliphatic carbocycles. The summed E-state index contributed by atoms with van der Waals surface area (Å²) >= 11 is 0. The third-order valence-corrected chi connectivity index (χ3v) is 2.64. The summed E-state index contributed by atoms with van der Waals surface area (Å²) in [7, 11) is 1.93. The summed E-state index contributed by atoms with van der Waals surface area (Å²) in [5, 5.41) is 9.47. The highest BCUT2D eigenvalue weighted by Gasteiger charge is 2.03. The fourth-order valence-electron chi connectivity index (χ4n) is 1.55. The topological polar surface area (TPSA) is 47.3 Å². The van der Waals surface area contributed by atoms with Gasteiger partial charge in [-0.15, -0.1) is 0 Å². The molecule has 4 heteroatoms. The molecule has 0 spiro atoms.